The van der Waals surface area contributed by atoms with Gasteiger partial charge in [-0.3, -0.25) is 0 Å². The fourth-order valence-electron chi connectivity index (χ4n) is 1.69. The van der Waals surface area contributed by atoms with E-state index in [4.69, 9.17) is 0 Å². The first kappa shape index (κ1) is 12.1. The van der Waals surface area contributed by atoms with E-state index in [1.54, 1.807) is 0 Å². The van der Waals surface area contributed by atoms with Crippen LogP contribution in [0.1, 0.15) is 11.1 Å². The Balaban J connectivity index is 2.37. The molecule has 1 nitrogen and oxygen atoms in total. The molecule has 0 aliphatic rings. The number of rotatable bonds is 1. The summed E-state index contributed by atoms with van der Waals surface area (Å²) < 4.78 is 2.05. The quantitative estimate of drug-likeness (QED) is 0.405. The lowest BCUT2D eigenvalue weighted by Gasteiger charge is -1.96. The predicted octanol–water partition coefficient (Wildman–Crippen LogP) is 2.80. The third-order valence-corrected chi connectivity index (χ3v) is 2.59. The van der Waals surface area contributed by atoms with E-state index in [1.165, 1.54) is 0 Å². The summed E-state index contributed by atoms with van der Waals surface area (Å²) in [5, 5.41) is 0. The van der Waals surface area contributed by atoms with E-state index in [-0.39, 0.29) is 0 Å². The van der Waals surface area contributed by atoms with Crippen LogP contribution in [-0.2, 0) is 0 Å². The van der Waals surface area contributed by atoms with Crippen molar-refractivity contribution in [2.45, 2.75) is 0 Å². The Bertz CT molecular complexity index is 594. The fraction of sp³-hybridized carbons (Fsp3) is 0.118. The minimum absolute atomic E-state index is 1.03. The minimum Gasteiger partial charge on any atom is -0.227 e. The van der Waals surface area contributed by atoms with Crippen LogP contribution in [0, 0.1) is 11.8 Å². The largest absolute Gasteiger partial charge is 0.258 e. The van der Waals surface area contributed by atoms with Crippen molar-refractivity contribution >= 4 is 5.71 Å². The first-order valence-corrected chi connectivity index (χ1v) is 5.94. The van der Waals surface area contributed by atoms with Crippen LogP contribution in [0.25, 0.3) is 0 Å². The minimum atomic E-state index is 1.03. The predicted molar refractivity (Wildman–Crippen MR) is 76.0 cm³/mol. The third-order valence-electron chi connectivity index (χ3n) is 2.59. The highest BCUT2D eigenvalue weighted by molar-refractivity contribution is 6.09. The Labute approximate surface area is 108 Å². The SMILES string of the molecule is C[N+](C)=C(C#Cc1ccccc1)c1ccccc1. The van der Waals surface area contributed by atoms with Crippen molar-refractivity contribution in [1.29, 1.82) is 0 Å². The summed E-state index contributed by atoms with van der Waals surface area (Å²) in [5.41, 5.74) is 3.21. The van der Waals surface area contributed by atoms with Gasteiger partial charge in [-0.15, -0.1) is 0 Å². The Morgan fingerprint density at radius 3 is 1.94 bits per heavy atom. The second kappa shape index (κ2) is 5.84. The summed E-state index contributed by atoms with van der Waals surface area (Å²) in [4.78, 5) is 0. The van der Waals surface area contributed by atoms with E-state index in [0.29, 0.717) is 0 Å². The second-order valence-electron chi connectivity index (χ2n) is 4.23. The standard InChI is InChI=1S/C17H16N/c1-18(2)17(16-11-7-4-8-12-16)14-13-15-9-5-3-6-10-15/h3-12H,1-2H3/q+1. The van der Waals surface area contributed by atoms with Gasteiger partial charge >= 0.3 is 0 Å². The zero-order valence-corrected chi connectivity index (χ0v) is 10.7. The van der Waals surface area contributed by atoms with Crippen molar-refractivity contribution in [2.24, 2.45) is 0 Å². The monoisotopic (exact) mass is 234 g/mol. The zero-order chi connectivity index (χ0) is 12.8. The molecular weight excluding hydrogens is 218 g/mol. The van der Waals surface area contributed by atoms with Crippen molar-refractivity contribution in [3.8, 4) is 11.8 Å². The highest BCUT2D eigenvalue weighted by atomic mass is 14.9. The number of hydrogen-bond donors (Lipinski definition) is 0. The molecule has 18 heavy (non-hydrogen) atoms. The number of hydrogen-bond acceptors (Lipinski definition) is 0. The summed E-state index contributed by atoms with van der Waals surface area (Å²) in [7, 11) is 4.03. The van der Waals surface area contributed by atoms with E-state index in [0.717, 1.165) is 16.8 Å². The van der Waals surface area contributed by atoms with Gasteiger partial charge in [-0.1, -0.05) is 42.3 Å². The molecule has 0 aliphatic carbocycles. The molecule has 0 fully saturated rings. The first-order chi connectivity index (χ1) is 8.77. The van der Waals surface area contributed by atoms with Gasteiger partial charge in [-0.25, -0.2) is 4.58 Å². The maximum atomic E-state index is 3.24. The summed E-state index contributed by atoms with van der Waals surface area (Å²) in [6, 6.07) is 20.3. The van der Waals surface area contributed by atoms with Crippen molar-refractivity contribution in [2.75, 3.05) is 14.1 Å². The molecule has 0 unspecified atom stereocenters. The van der Waals surface area contributed by atoms with Crippen molar-refractivity contribution in [1.82, 2.24) is 0 Å². The van der Waals surface area contributed by atoms with Crippen LogP contribution in [0.15, 0.2) is 60.7 Å². The molecule has 2 aromatic carbocycles. The van der Waals surface area contributed by atoms with Gasteiger partial charge < -0.3 is 0 Å². The van der Waals surface area contributed by atoms with Crippen LogP contribution in [0.4, 0.5) is 0 Å². The molecule has 0 atom stereocenters. The van der Waals surface area contributed by atoms with Crippen LogP contribution >= 0.6 is 0 Å². The molecule has 0 N–H and O–H groups in total. The van der Waals surface area contributed by atoms with Gasteiger partial charge in [0.25, 0.3) is 5.71 Å². The molecule has 2 rings (SSSR count). The van der Waals surface area contributed by atoms with Gasteiger partial charge in [0, 0.05) is 11.5 Å². The molecule has 0 amide bonds. The highest BCUT2D eigenvalue weighted by Gasteiger charge is 2.06. The second-order valence-corrected chi connectivity index (χ2v) is 4.23. The lowest BCUT2D eigenvalue weighted by atomic mass is 10.1. The third kappa shape index (κ3) is 3.09. The van der Waals surface area contributed by atoms with Crippen LogP contribution < -0.4 is 0 Å². The maximum absolute atomic E-state index is 3.24. The van der Waals surface area contributed by atoms with E-state index in [9.17, 15) is 0 Å². The smallest absolute Gasteiger partial charge is 0.227 e. The van der Waals surface area contributed by atoms with Crippen molar-refractivity contribution in [3.05, 3.63) is 71.8 Å². The first-order valence-electron chi connectivity index (χ1n) is 5.94. The molecule has 1 heteroatoms. The lowest BCUT2D eigenvalue weighted by molar-refractivity contribution is -0.462. The lowest BCUT2D eigenvalue weighted by Crippen LogP contribution is -2.12. The molecule has 0 radical (unpaired) electrons. The van der Waals surface area contributed by atoms with Gasteiger partial charge in [0.2, 0.25) is 0 Å². The molecule has 0 bridgehead atoms. The van der Waals surface area contributed by atoms with E-state index < -0.39 is 0 Å². The Hall–Kier alpha value is -2.33. The zero-order valence-electron chi connectivity index (χ0n) is 10.7. The summed E-state index contributed by atoms with van der Waals surface area (Å²) in [6.07, 6.45) is 0. The summed E-state index contributed by atoms with van der Waals surface area (Å²) in [5.74, 6) is 6.44. The summed E-state index contributed by atoms with van der Waals surface area (Å²) in [6.45, 7) is 0. The van der Waals surface area contributed by atoms with Gasteiger partial charge in [0.15, 0.2) is 0 Å². The molecule has 2 aromatic rings. The normalized spacial score (nSPS) is 9.22. The van der Waals surface area contributed by atoms with Crippen LogP contribution in [-0.4, -0.2) is 24.4 Å². The average Bonchev–Trinajstić information content (AvgIpc) is 2.41. The van der Waals surface area contributed by atoms with Crippen LogP contribution in [0.3, 0.4) is 0 Å². The van der Waals surface area contributed by atoms with E-state index in [2.05, 4.69) is 24.0 Å². The van der Waals surface area contributed by atoms with Gasteiger partial charge in [0.05, 0.1) is 5.56 Å². The molecule has 0 spiro atoms. The fourth-order valence-corrected chi connectivity index (χ4v) is 1.69. The molecule has 0 aromatic heterocycles. The van der Waals surface area contributed by atoms with Gasteiger partial charge in [-0.2, -0.15) is 0 Å². The topological polar surface area (TPSA) is 3.01 Å². The molecule has 0 saturated heterocycles. The number of nitrogens with zero attached hydrogens (tertiary/aromatic N) is 1. The Morgan fingerprint density at radius 1 is 0.833 bits per heavy atom. The van der Waals surface area contributed by atoms with Crippen LogP contribution in [0.5, 0.6) is 0 Å². The Kier molecular flexibility index (Phi) is 3.94. The molecular formula is C17H16N+. The molecule has 0 aliphatic heterocycles. The maximum Gasteiger partial charge on any atom is 0.258 e. The molecule has 88 valence electrons. The average molecular weight is 234 g/mol. The van der Waals surface area contributed by atoms with Crippen molar-refractivity contribution < 1.29 is 4.58 Å². The van der Waals surface area contributed by atoms with E-state index in [1.807, 2.05) is 67.2 Å². The van der Waals surface area contributed by atoms with Gasteiger partial charge in [0.1, 0.15) is 14.1 Å². The summed E-state index contributed by atoms with van der Waals surface area (Å²) >= 11 is 0. The molecule has 0 saturated carbocycles. The van der Waals surface area contributed by atoms with Crippen LogP contribution in [0.2, 0.25) is 0 Å². The highest BCUT2D eigenvalue weighted by Crippen LogP contribution is 2.01. The van der Waals surface area contributed by atoms with Crippen molar-refractivity contribution in [3.63, 3.8) is 0 Å². The number of benzene rings is 2. The Morgan fingerprint density at radius 2 is 1.39 bits per heavy atom. The molecule has 0 heterocycles. The van der Waals surface area contributed by atoms with Gasteiger partial charge in [-0.05, 0) is 24.3 Å². The van der Waals surface area contributed by atoms with E-state index >= 15 is 0 Å².